The van der Waals surface area contributed by atoms with Crippen LogP contribution in [0.25, 0.3) is 0 Å². The molecule has 290 valence electrons. The summed E-state index contributed by atoms with van der Waals surface area (Å²) >= 11 is 1.35. The average Bonchev–Trinajstić information content (AvgIpc) is 3.65. The molecule has 2 N–H and O–H groups in total. The Hall–Kier alpha value is -4.61. The first-order valence-electron chi connectivity index (χ1n) is 19.0. The molecule has 0 aliphatic carbocycles. The maximum absolute atomic E-state index is 13.5. The molecule has 11 heteroatoms. The molecule has 0 spiro atoms. The van der Waals surface area contributed by atoms with E-state index in [1.807, 2.05) is 70.2 Å². The molecule has 1 aliphatic rings. The molecule has 1 aliphatic heterocycles. The lowest BCUT2D eigenvalue weighted by molar-refractivity contribution is -0.119. The predicted molar refractivity (Wildman–Crippen MR) is 214 cm³/mol. The number of benzene rings is 3. The van der Waals surface area contributed by atoms with Crippen LogP contribution in [-0.2, 0) is 34.6 Å². The minimum Gasteiger partial charge on any atom is -0.493 e. The smallest absolute Gasteiger partial charge is 0.411 e. The molecule has 0 saturated carbocycles. The van der Waals surface area contributed by atoms with Gasteiger partial charge in [0.2, 0.25) is 5.91 Å². The number of unbranched alkanes of at least 4 members (excludes halogenated alkanes) is 5. The summed E-state index contributed by atoms with van der Waals surface area (Å²) in [6.45, 7) is 10.8. The third-order valence-electron chi connectivity index (χ3n) is 9.45. The molecule has 3 aromatic carbocycles. The molecule has 10 nitrogen and oxygen atoms in total. The van der Waals surface area contributed by atoms with Gasteiger partial charge in [0.15, 0.2) is 16.6 Å². The summed E-state index contributed by atoms with van der Waals surface area (Å²) in [4.78, 5) is 32.8. The number of thiazole rings is 1. The highest BCUT2D eigenvalue weighted by atomic mass is 32.1. The SMILES string of the molecule is COc1cc2c(cc1OCCCCCCCCNCc1cccc(OCc3ccccc3)c1)C(C)(CC(=O)Nc1nccs1)N(C(=O)OC(C)(C)C)CC2. The summed E-state index contributed by atoms with van der Waals surface area (Å²) in [7, 11) is 1.64. The van der Waals surface area contributed by atoms with Crippen LogP contribution in [-0.4, -0.2) is 54.3 Å². The minimum absolute atomic E-state index is 0.0252. The first kappa shape index (κ1) is 40.6. The van der Waals surface area contributed by atoms with E-state index in [1.54, 1.807) is 23.6 Å². The topological polar surface area (TPSA) is 111 Å². The van der Waals surface area contributed by atoms with Gasteiger partial charge >= 0.3 is 6.09 Å². The van der Waals surface area contributed by atoms with Crippen molar-refractivity contribution in [1.29, 1.82) is 0 Å². The highest BCUT2D eigenvalue weighted by Gasteiger charge is 2.45. The van der Waals surface area contributed by atoms with Crippen molar-refractivity contribution >= 4 is 28.5 Å². The van der Waals surface area contributed by atoms with Gasteiger partial charge in [-0.3, -0.25) is 9.69 Å². The lowest BCUT2D eigenvalue weighted by Crippen LogP contribution is -2.54. The number of carbonyl (C=O) groups is 2. The summed E-state index contributed by atoms with van der Waals surface area (Å²) in [6.07, 6.45) is 8.42. The Labute approximate surface area is 324 Å². The maximum Gasteiger partial charge on any atom is 0.411 e. The Morgan fingerprint density at radius 3 is 2.41 bits per heavy atom. The van der Waals surface area contributed by atoms with Crippen molar-refractivity contribution in [3.63, 3.8) is 0 Å². The van der Waals surface area contributed by atoms with E-state index in [0.29, 0.717) is 42.8 Å². The first-order chi connectivity index (χ1) is 26.0. The molecular formula is C43H56N4O6S. The van der Waals surface area contributed by atoms with Crippen LogP contribution in [0.5, 0.6) is 17.2 Å². The Morgan fingerprint density at radius 2 is 1.67 bits per heavy atom. The van der Waals surface area contributed by atoms with Crippen LogP contribution < -0.4 is 24.8 Å². The third-order valence-corrected chi connectivity index (χ3v) is 10.1. The van der Waals surface area contributed by atoms with E-state index in [1.165, 1.54) is 29.7 Å². The Morgan fingerprint density at radius 1 is 0.907 bits per heavy atom. The second kappa shape index (κ2) is 19.6. The molecule has 0 fully saturated rings. The van der Waals surface area contributed by atoms with E-state index in [-0.39, 0.29) is 12.3 Å². The van der Waals surface area contributed by atoms with Crippen molar-refractivity contribution in [3.8, 4) is 17.2 Å². The van der Waals surface area contributed by atoms with Crippen LogP contribution in [0.3, 0.4) is 0 Å². The number of methoxy groups -OCH3 is 1. The van der Waals surface area contributed by atoms with Crippen LogP contribution in [0.4, 0.5) is 9.93 Å². The Kier molecular flexibility index (Phi) is 14.8. The predicted octanol–water partition coefficient (Wildman–Crippen LogP) is 9.28. The first-order valence-corrected chi connectivity index (χ1v) is 19.9. The third kappa shape index (κ3) is 11.9. The van der Waals surface area contributed by atoms with Crippen molar-refractivity contribution < 1.29 is 28.5 Å². The molecule has 1 aromatic heterocycles. The number of ether oxygens (including phenoxy) is 4. The fourth-order valence-electron chi connectivity index (χ4n) is 6.73. The van der Waals surface area contributed by atoms with E-state index < -0.39 is 17.2 Å². The van der Waals surface area contributed by atoms with Gasteiger partial charge in [-0.15, -0.1) is 11.3 Å². The molecule has 2 amide bonds. The van der Waals surface area contributed by atoms with Gasteiger partial charge in [-0.25, -0.2) is 9.78 Å². The molecule has 0 saturated heterocycles. The van der Waals surface area contributed by atoms with Crippen LogP contribution in [0.1, 0.15) is 94.9 Å². The normalized spacial score (nSPS) is 15.3. The van der Waals surface area contributed by atoms with Gasteiger partial charge in [-0.2, -0.15) is 0 Å². The van der Waals surface area contributed by atoms with Gasteiger partial charge in [-0.1, -0.05) is 68.1 Å². The average molecular weight is 757 g/mol. The minimum atomic E-state index is -0.989. The van der Waals surface area contributed by atoms with Gasteiger partial charge in [0, 0.05) is 24.7 Å². The van der Waals surface area contributed by atoms with E-state index in [0.717, 1.165) is 61.2 Å². The van der Waals surface area contributed by atoms with Gasteiger partial charge in [0.05, 0.1) is 25.7 Å². The van der Waals surface area contributed by atoms with Gasteiger partial charge in [-0.05, 0) is 100 Å². The number of nitrogens with one attached hydrogen (secondary N) is 2. The van der Waals surface area contributed by atoms with Crippen LogP contribution in [0.15, 0.2) is 78.3 Å². The summed E-state index contributed by atoms with van der Waals surface area (Å²) in [5.41, 5.74) is 2.57. The maximum atomic E-state index is 13.5. The Bertz CT molecular complexity index is 1780. The highest BCUT2D eigenvalue weighted by Crippen LogP contribution is 2.44. The number of carbonyl (C=O) groups excluding carboxylic acids is 2. The molecule has 54 heavy (non-hydrogen) atoms. The number of nitrogens with zero attached hydrogens (tertiary/aromatic N) is 2. The summed E-state index contributed by atoms with van der Waals surface area (Å²) in [5, 5.41) is 8.78. The molecule has 0 radical (unpaired) electrons. The fraction of sp³-hybridized carbons (Fsp3) is 0.465. The van der Waals surface area contributed by atoms with Crippen molar-refractivity contribution in [3.05, 3.63) is 101 Å². The van der Waals surface area contributed by atoms with Crippen molar-refractivity contribution in [2.45, 2.75) is 103 Å². The van der Waals surface area contributed by atoms with Crippen LogP contribution in [0, 0.1) is 0 Å². The van der Waals surface area contributed by atoms with Crippen LogP contribution >= 0.6 is 11.3 Å². The van der Waals surface area contributed by atoms with E-state index in [9.17, 15) is 9.59 Å². The van der Waals surface area contributed by atoms with E-state index >= 15 is 0 Å². The summed E-state index contributed by atoms with van der Waals surface area (Å²) < 4.78 is 23.8. The van der Waals surface area contributed by atoms with Gasteiger partial charge < -0.3 is 29.6 Å². The number of rotatable bonds is 19. The summed E-state index contributed by atoms with van der Waals surface area (Å²) in [6, 6.07) is 22.4. The van der Waals surface area contributed by atoms with Crippen LogP contribution in [0.2, 0.25) is 0 Å². The van der Waals surface area contributed by atoms with Gasteiger partial charge in [0.25, 0.3) is 0 Å². The molecule has 1 atom stereocenters. The zero-order valence-electron chi connectivity index (χ0n) is 32.5. The van der Waals surface area contributed by atoms with Crippen molar-refractivity contribution in [1.82, 2.24) is 15.2 Å². The van der Waals surface area contributed by atoms with E-state index in [4.69, 9.17) is 18.9 Å². The number of hydrogen-bond donors (Lipinski definition) is 2. The fourth-order valence-corrected chi connectivity index (χ4v) is 7.27. The monoisotopic (exact) mass is 756 g/mol. The van der Waals surface area contributed by atoms with E-state index in [2.05, 4.69) is 39.9 Å². The lowest BCUT2D eigenvalue weighted by Gasteiger charge is -2.46. The quantitative estimate of drug-likeness (QED) is 0.0912. The molecule has 2 heterocycles. The molecule has 1 unspecified atom stereocenters. The number of hydrogen-bond acceptors (Lipinski definition) is 9. The van der Waals surface area contributed by atoms with Gasteiger partial charge in [0.1, 0.15) is 18.0 Å². The standard InChI is InChI=1S/C43H56N4O6S/c1-42(2,3)53-41(49)47-23-20-34-27-37(50-5)38(28-36(34)43(47,4)29-39(48)46-40-45-22-25-54-40)51-24-14-9-7-6-8-13-21-44-30-33-18-15-19-35(26-33)52-31-32-16-11-10-12-17-32/h10-12,15-19,22,25-28,44H,6-9,13-14,20-21,23-24,29-31H2,1-5H3,(H,45,46,48). The number of fused-ring (bicyclic) bond motifs is 1. The number of aromatic nitrogens is 1. The molecule has 4 aromatic rings. The largest absolute Gasteiger partial charge is 0.493 e. The molecule has 0 bridgehead atoms. The van der Waals surface area contributed by atoms with Crippen molar-refractivity contribution in [2.24, 2.45) is 0 Å². The Balaban J connectivity index is 1.07. The second-order valence-electron chi connectivity index (χ2n) is 14.9. The lowest BCUT2D eigenvalue weighted by atomic mass is 9.79. The zero-order valence-corrected chi connectivity index (χ0v) is 33.3. The zero-order chi connectivity index (χ0) is 38.4. The number of amides is 2. The van der Waals surface area contributed by atoms with Crippen molar-refractivity contribution in [2.75, 3.05) is 32.1 Å². The molecule has 5 rings (SSSR count). The molecular weight excluding hydrogens is 701 g/mol. The highest BCUT2D eigenvalue weighted by molar-refractivity contribution is 7.13. The second-order valence-corrected chi connectivity index (χ2v) is 15.8. The summed E-state index contributed by atoms with van der Waals surface area (Å²) in [5.74, 6) is 1.90. The number of anilines is 1.